The third-order valence-electron chi connectivity index (χ3n) is 5.77. The number of aliphatic hydroxyl groups excluding tert-OH is 1. The molecule has 0 unspecified atom stereocenters. The number of hydrogen-bond donors (Lipinski definition) is 2. The zero-order valence-electron chi connectivity index (χ0n) is 17.1. The van der Waals surface area contributed by atoms with Crippen LogP contribution in [0.2, 0.25) is 0 Å². The molecule has 2 N–H and O–H groups in total. The van der Waals surface area contributed by atoms with E-state index in [1.807, 2.05) is 0 Å². The van der Waals surface area contributed by atoms with Crippen LogP contribution >= 0.6 is 0 Å². The number of benzene rings is 1. The zero-order valence-corrected chi connectivity index (χ0v) is 17.9. The molecule has 3 aliphatic rings. The molecule has 0 radical (unpaired) electrons. The first-order chi connectivity index (χ1) is 14.3. The van der Waals surface area contributed by atoms with Gasteiger partial charge in [0.1, 0.15) is 5.75 Å². The number of fused-ring (bicyclic) bond motifs is 1. The molecule has 1 aromatic carbocycles. The van der Waals surface area contributed by atoms with Gasteiger partial charge in [0, 0.05) is 17.3 Å². The highest BCUT2D eigenvalue weighted by Crippen LogP contribution is 2.41. The topological polar surface area (TPSA) is 102 Å². The number of ether oxygens (including phenoxy) is 1. The summed E-state index contributed by atoms with van der Waals surface area (Å²) in [6.45, 7) is 3.38. The van der Waals surface area contributed by atoms with E-state index in [0.29, 0.717) is 41.2 Å². The summed E-state index contributed by atoms with van der Waals surface area (Å²) in [7, 11) is -3.40. The van der Waals surface area contributed by atoms with E-state index < -0.39 is 9.84 Å². The molecule has 2 heterocycles. The molecule has 8 heteroatoms. The van der Waals surface area contributed by atoms with Gasteiger partial charge in [0.05, 0.1) is 28.6 Å². The first kappa shape index (κ1) is 20.7. The summed E-state index contributed by atoms with van der Waals surface area (Å²) >= 11 is 0. The van der Waals surface area contributed by atoms with Gasteiger partial charge in [-0.25, -0.2) is 13.4 Å². The van der Waals surface area contributed by atoms with Crippen molar-refractivity contribution in [2.45, 2.75) is 56.6 Å². The van der Waals surface area contributed by atoms with Crippen LogP contribution in [0.1, 0.15) is 38.3 Å². The lowest BCUT2D eigenvalue weighted by molar-refractivity contribution is 0.0668. The molecule has 1 aromatic rings. The Bertz CT molecular complexity index is 1130. The van der Waals surface area contributed by atoms with Crippen molar-refractivity contribution in [2.75, 3.05) is 5.75 Å². The average Bonchev–Trinajstić information content (AvgIpc) is 3.23. The van der Waals surface area contributed by atoms with Gasteiger partial charge in [0.2, 0.25) is 0 Å². The molecular weight excluding hydrogens is 404 g/mol. The number of nitrogens with zero attached hydrogens (tertiary/aromatic N) is 2. The van der Waals surface area contributed by atoms with Gasteiger partial charge in [-0.2, -0.15) is 4.73 Å². The summed E-state index contributed by atoms with van der Waals surface area (Å²) in [5, 5.41) is 20.1. The average molecular weight is 431 g/mol. The van der Waals surface area contributed by atoms with Crippen molar-refractivity contribution in [3.05, 3.63) is 42.2 Å². The Morgan fingerprint density at radius 2 is 1.83 bits per heavy atom. The normalized spacial score (nSPS) is 19.8. The molecule has 1 saturated carbocycles. The van der Waals surface area contributed by atoms with Gasteiger partial charge in [0.15, 0.2) is 15.7 Å². The second-order valence-electron chi connectivity index (χ2n) is 7.80. The van der Waals surface area contributed by atoms with Gasteiger partial charge in [-0.3, -0.25) is 0 Å². The van der Waals surface area contributed by atoms with Crippen molar-refractivity contribution in [1.29, 1.82) is 0 Å². The standard InChI is InChI=1S/C22H26N2O5S/c1-3-30(27,28)17-8-9-21(29-16-6-4-15(25)5-7-16)20(13-17)19-12-14(2)24(26)22-18(19)10-11-23-22/h8-13,15-16,25-26H,3-7H2,1-2H3. The third kappa shape index (κ3) is 3.77. The summed E-state index contributed by atoms with van der Waals surface area (Å²) < 4.78 is 32.4. The van der Waals surface area contributed by atoms with Crippen LogP contribution in [0.3, 0.4) is 0 Å². The summed E-state index contributed by atoms with van der Waals surface area (Å²) in [6.07, 6.45) is 4.15. The molecule has 2 aliphatic heterocycles. The van der Waals surface area contributed by atoms with Crippen molar-refractivity contribution in [3.8, 4) is 28.3 Å². The molecule has 0 spiro atoms. The van der Waals surface area contributed by atoms with E-state index in [4.69, 9.17) is 4.74 Å². The van der Waals surface area contributed by atoms with Gasteiger partial charge in [-0.15, -0.1) is 0 Å². The Morgan fingerprint density at radius 1 is 1.10 bits per heavy atom. The zero-order chi connectivity index (χ0) is 21.5. The SMILES string of the molecule is CCS(=O)(=O)c1ccc(OC2CCC(O)CC2)c(-c2cc(C)n(O)c3nccc2-3)c1. The van der Waals surface area contributed by atoms with Crippen LogP contribution in [0.4, 0.5) is 0 Å². The minimum absolute atomic E-state index is 0.00492. The lowest BCUT2D eigenvalue weighted by Gasteiger charge is -2.27. The number of aryl methyl sites for hydroxylation is 1. The monoisotopic (exact) mass is 430 g/mol. The van der Waals surface area contributed by atoms with Crippen molar-refractivity contribution in [1.82, 2.24) is 9.71 Å². The van der Waals surface area contributed by atoms with Crippen molar-refractivity contribution >= 4 is 9.84 Å². The first-order valence-corrected chi connectivity index (χ1v) is 11.8. The highest BCUT2D eigenvalue weighted by molar-refractivity contribution is 7.91. The molecule has 160 valence electrons. The number of aliphatic hydroxyl groups is 1. The van der Waals surface area contributed by atoms with Gasteiger partial charge in [-0.1, -0.05) is 6.92 Å². The van der Waals surface area contributed by atoms with Crippen LogP contribution in [0, 0.1) is 6.92 Å². The van der Waals surface area contributed by atoms with E-state index in [0.717, 1.165) is 23.1 Å². The Kier molecular flexibility index (Phi) is 5.46. The first-order valence-electron chi connectivity index (χ1n) is 10.2. The van der Waals surface area contributed by atoms with Crippen LogP contribution in [-0.4, -0.2) is 46.4 Å². The van der Waals surface area contributed by atoms with Crippen LogP contribution < -0.4 is 4.74 Å². The van der Waals surface area contributed by atoms with Crippen LogP contribution in [0.5, 0.6) is 5.75 Å². The van der Waals surface area contributed by atoms with E-state index in [1.165, 1.54) is 0 Å². The second-order valence-corrected chi connectivity index (χ2v) is 10.1. The molecule has 30 heavy (non-hydrogen) atoms. The van der Waals surface area contributed by atoms with E-state index in [2.05, 4.69) is 4.98 Å². The smallest absolute Gasteiger partial charge is 0.178 e. The third-order valence-corrected chi connectivity index (χ3v) is 7.51. The van der Waals surface area contributed by atoms with E-state index in [1.54, 1.807) is 50.4 Å². The minimum Gasteiger partial charge on any atom is -0.490 e. The highest BCUT2D eigenvalue weighted by atomic mass is 32.2. The quantitative estimate of drug-likeness (QED) is 0.599. The molecule has 0 aromatic heterocycles. The molecule has 1 aliphatic carbocycles. The van der Waals surface area contributed by atoms with Crippen LogP contribution in [0.25, 0.3) is 22.5 Å². The predicted octanol–water partition coefficient (Wildman–Crippen LogP) is 3.68. The van der Waals surface area contributed by atoms with Gasteiger partial charge < -0.3 is 15.1 Å². The van der Waals surface area contributed by atoms with E-state index >= 15 is 0 Å². The lowest BCUT2D eigenvalue weighted by atomic mass is 9.94. The lowest BCUT2D eigenvalue weighted by Crippen LogP contribution is -2.26. The minimum atomic E-state index is -3.40. The van der Waals surface area contributed by atoms with Crippen LogP contribution in [0.15, 0.2) is 41.4 Å². The van der Waals surface area contributed by atoms with Crippen molar-refractivity contribution in [3.63, 3.8) is 0 Å². The molecule has 0 atom stereocenters. The number of rotatable bonds is 5. The molecule has 0 bridgehead atoms. The van der Waals surface area contributed by atoms with E-state index in [-0.39, 0.29) is 22.9 Å². The number of sulfone groups is 1. The largest absolute Gasteiger partial charge is 0.490 e. The fourth-order valence-electron chi connectivity index (χ4n) is 3.97. The maximum atomic E-state index is 12.5. The highest BCUT2D eigenvalue weighted by Gasteiger charge is 2.25. The maximum absolute atomic E-state index is 12.5. The Morgan fingerprint density at radius 3 is 2.53 bits per heavy atom. The number of hydrogen-bond acceptors (Lipinski definition) is 6. The Labute approximate surface area is 176 Å². The summed E-state index contributed by atoms with van der Waals surface area (Å²) in [4.78, 5) is 4.47. The fourth-order valence-corrected chi connectivity index (χ4v) is 4.87. The molecule has 4 rings (SSSR count). The van der Waals surface area contributed by atoms with Gasteiger partial charge >= 0.3 is 0 Å². The van der Waals surface area contributed by atoms with Gasteiger partial charge in [0.25, 0.3) is 0 Å². The summed E-state index contributed by atoms with van der Waals surface area (Å²) in [6, 6.07) is 8.53. The maximum Gasteiger partial charge on any atom is 0.178 e. The summed E-state index contributed by atoms with van der Waals surface area (Å²) in [5.74, 6) is 0.995. The molecule has 1 fully saturated rings. The number of pyridine rings is 1. The molecule has 7 nitrogen and oxygen atoms in total. The van der Waals surface area contributed by atoms with Crippen LogP contribution in [-0.2, 0) is 9.84 Å². The van der Waals surface area contributed by atoms with E-state index in [9.17, 15) is 18.7 Å². The fraction of sp³-hybridized carbons (Fsp3) is 0.409. The van der Waals surface area contributed by atoms with Gasteiger partial charge in [-0.05, 0) is 68.5 Å². The Balaban J connectivity index is 1.85. The molecule has 0 saturated heterocycles. The Hall–Kier alpha value is -2.58. The molecular formula is C22H26N2O5S. The van der Waals surface area contributed by atoms with Crippen molar-refractivity contribution < 1.29 is 23.5 Å². The summed E-state index contributed by atoms with van der Waals surface area (Å²) in [5.41, 5.74) is 2.69. The van der Waals surface area contributed by atoms with Crippen molar-refractivity contribution in [2.24, 2.45) is 0 Å². The molecule has 0 amide bonds. The predicted molar refractivity (Wildman–Crippen MR) is 113 cm³/mol. The second kappa shape index (κ2) is 7.92. The number of aromatic nitrogens is 2.